The van der Waals surface area contributed by atoms with E-state index in [2.05, 4.69) is 15.2 Å². The number of benzene rings is 1. The molecule has 2 aromatic rings. The number of nitrogens with one attached hydrogen (secondary N) is 1. The minimum absolute atomic E-state index is 0.105. The highest BCUT2D eigenvalue weighted by Crippen LogP contribution is 2.26. The maximum Gasteiger partial charge on any atom is 0.280 e. The van der Waals surface area contributed by atoms with Crippen LogP contribution in [0.5, 0.6) is 0 Å². The predicted molar refractivity (Wildman–Crippen MR) is 59.8 cm³/mol. The third-order valence-corrected chi connectivity index (χ3v) is 2.80. The molecule has 0 fully saturated rings. The average Bonchev–Trinajstić information content (AvgIpc) is 2.77. The standard InChI is InChI=1S/C8H7N5O4S/c9-18(16,17)8-10-7(11-12-8)5-3-1-2-4-6(5)13(14)15/h1-4H,(H2,9,16,17)(H,10,11,12). The van der Waals surface area contributed by atoms with Crippen molar-refractivity contribution in [1.29, 1.82) is 0 Å². The fraction of sp³-hybridized carbons (Fsp3) is 0. The first-order chi connectivity index (χ1) is 8.39. The smallest absolute Gasteiger partial charge is 0.258 e. The summed E-state index contributed by atoms with van der Waals surface area (Å²) in [5.74, 6) is -0.105. The lowest BCUT2D eigenvalue weighted by molar-refractivity contribution is -0.384. The summed E-state index contributed by atoms with van der Waals surface area (Å²) in [7, 11) is -4.02. The van der Waals surface area contributed by atoms with Gasteiger partial charge in [0, 0.05) is 6.07 Å². The van der Waals surface area contributed by atoms with Crippen LogP contribution in [0.25, 0.3) is 11.4 Å². The van der Waals surface area contributed by atoms with Crippen LogP contribution in [0.15, 0.2) is 29.4 Å². The van der Waals surface area contributed by atoms with E-state index in [9.17, 15) is 18.5 Å². The Morgan fingerprint density at radius 1 is 1.33 bits per heavy atom. The van der Waals surface area contributed by atoms with Gasteiger partial charge in [0.2, 0.25) is 0 Å². The number of nitrogens with zero attached hydrogens (tertiary/aromatic N) is 3. The molecule has 0 bridgehead atoms. The lowest BCUT2D eigenvalue weighted by Gasteiger charge is -1.96. The number of rotatable bonds is 3. The summed E-state index contributed by atoms with van der Waals surface area (Å²) in [4.78, 5) is 13.8. The normalized spacial score (nSPS) is 11.4. The maximum absolute atomic E-state index is 11.0. The third kappa shape index (κ3) is 2.19. The van der Waals surface area contributed by atoms with Gasteiger partial charge in [-0.2, -0.15) is 10.1 Å². The Hall–Kier alpha value is -2.33. The van der Waals surface area contributed by atoms with E-state index in [0.717, 1.165) is 0 Å². The summed E-state index contributed by atoms with van der Waals surface area (Å²) in [6.45, 7) is 0. The van der Waals surface area contributed by atoms with E-state index in [1.54, 1.807) is 6.07 Å². The van der Waals surface area contributed by atoms with E-state index in [1.165, 1.54) is 18.2 Å². The first-order valence-corrected chi connectivity index (χ1v) is 6.13. The molecule has 0 saturated heterocycles. The predicted octanol–water partition coefficient (Wildman–Crippen LogP) is 0.0273. The van der Waals surface area contributed by atoms with Crippen molar-refractivity contribution in [3.05, 3.63) is 34.4 Å². The number of para-hydroxylation sites is 1. The van der Waals surface area contributed by atoms with Gasteiger partial charge in [0.05, 0.1) is 10.5 Å². The Morgan fingerprint density at radius 3 is 2.56 bits per heavy atom. The molecule has 1 aromatic heterocycles. The molecular weight excluding hydrogens is 262 g/mol. The fourth-order valence-corrected chi connectivity index (χ4v) is 1.70. The SMILES string of the molecule is NS(=O)(=O)c1nc(-c2ccccc2[N+](=O)[O-])n[nH]1. The second-order valence-electron chi connectivity index (χ2n) is 3.28. The van der Waals surface area contributed by atoms with E-state index in [1.807, 2.05) is 0 Å². The van der Waals surface area contributed by atoms with Crippen LogP contribution < -0.4 is 5.14 Å². The number of nitro benzene ring substituents is 1. The van der Waals surface area contributed by atoms with Crippen LogP contribution in [0.4, 0.5) is 5.69 Å². The highest BCUT2D eigenvalue weighted by molar-refractivity contribution is 7.89. The van der Waals surface area contributed by atoms with Crippen LogP contribution in [0, 0.1) is 10.1 Å². The van der Waals surface area contributed by atoms with Crippen LogP contribution in [0.1, 0.15) is 0 Å². The number of sulfonamides is 1. The molecule has 0 aliphatic heterocycles. The van der Waals surface area contributed by atoms with Gasteiger partial charge in [-0.15, -0.1) is 0 Å². The molecule has 0 saturated carbocycles. The van der Waals surface area contributed by atoms with E-state index >= 15 is 0 Å². The first-order valence-electron chi connectivity index (χ1n) is 4.58. The molecule has 10 heteroatoms. The Bertz CT molecular complexity index is 708. The van der Waals surface area contributed by atoms with Crippen molar-refractivity contribution in [2.24, 2.45) is 5.14 Å². The lowest BCUT2D eigenvalue weighted by atomic mass is 10.2. The molecule has 0 spiro atoms. The Balaban J connectivity index is 2.57. The molecule has 2 rings (SSSR count). The Labute approximate surface area is 101 Å². The van der Waals surface area contributed by atoms with Gasteiger partial charge in [-0.3, -0.25) is 10.1 Å². The lowest BCUT2D eigenvalue weighted by Crippen LogP contribution is -2.13. The van der Waals surface area contributed by atoms with Gasteiger partial charge in [0.1, 0.15) is 0 Å². The third-order valence-electron chi connectivity index (χ3n) is 2.08. The van der Waals surface area contributed by atoms with Gasteiger partial charge >= 0.3 is 0 Å². The van der Waals surface area contributed by atoms with Crippen LogP contribution in [-0.4, -0.2) is 28.5 Å². The largest absolute Gasteiger partial charge is 0.280 e. The van der Waals surface area contributed by atoms with Gasteiger partial charge in [0.15, 0.2) is 5.82 Å². The molecule has 0 aliphatic rings. The molecule has 0 amide bonds. The number of aromatic nitrogens is 3. The number of nitrogens with two attached hydrogens (primary N) is 1. The quantitative estimate of drug-likeness (QED) is 0.593. The van der Waals surface area contributed by atoms with Gasteiger partial charge in [-0.25, -0.2) is 18.7 Å². The van der Waals surface area contributed by atoms with Crippen LogP contribution in [0.2, 0.25) is 0 Å². The van der Waals surface area contributed by atoms with Crippen LogP contribution >= 0.6 is 0 Å². The summed E-state index contributed by atoms with van der Waals surface area (Å²) in [6, 6.07) is 5.71. The molecule has 0 aliphatic carbocycles. The summed E-state index contributed by atoms with van der Waals surface area (Å²) in [5.41, 5.74) is -0.119. The van der Waals surface area contributed by atoms with Crippen molar-refractivity contribution in [3.63, 3.8) is 0 Å². The molecular formula is C8H7N5O4S. The zero-order valence-corrected chi connectivity index (χ0v) is 9.59. The molecule has 1 heterocycles. The highest BCUT2D eigenvalue weighted by atomic mass is 32.2. The molecule has 94 valence electrons. The number of primary sulfonamides is 1. The van der Waals surface area contributed by atoms with Crippen molar-refractivity contribution in [1.82, 2.24) is 15.2 Å². The molecule has 9 nitrogen and oxygen atoms in total. The fourth-order valence-electron chi connectivity index (χ4n) is 1.32. The van der Waals surface area contributed by atoms with Crippen LogP contribution in [0.3, 0.4) is 0 Å². The zero-order chi connectivity index (χ0) is 13.3. The minimum atomic E-state index is -4.02. The summed E-state index contributed by atoms with van der Waals surface area (Å²) >= 11 is 0. The minimum Gasteiger partial charge on any atom is -0.258 e. The molecule has 1 aromatic carbocycles. The Kier molecular flexibility index (Phi) is 2.80. The van der Waals surface area contributed by atoms with Gasteiger partial charge in [0.25, 0.3) is 20.9 Å². The average molecular weight is 269 g/mol. The monoisotopic (exact) mass is 269 g/mol. The molecule has 18 heavy (non-hydrogen) atoms. The zero-order valence-electron chi connectivity index (χ0n) is 8.77. The van der Waals surface area contributed by atoms with Gasteiger partial charge < -0.3 is 0 Å². The summed E-state index contributed by atoms with van der Waals surface area (Å²) in [5, 5.41) is 20.8. The first kappa shape index (κ1) is 12.1. The summed E-state index contributed by atoms with van der Waals surface area (Å²) in [6.07, 6.45) is 0. The number of H-pyrrole nitrogens is 1. The van der Waals surface area contributed by atoms with E-state index in [-0.39, 0.29) is 17.1 Å². The van der Waals surface area contributed by atoms with Crippen molar-refractivity contribution in [2.45, 2.75) is 5.16 Å². The molecule has 0 atom stereocenters. The van der Waals surface area contributed by atoms with Crippen molar-refractivity contribution in [2.75, 3.05) is 0 Å². The van der Waals surface area contributed by atoms with Gasteiger partial charge in [-0.05, 0) is 6.07 Å². The molecule has 0 unspecified atom stereocenters. The van der Waals surface area contributed by atoms with E-state index in [4.69, 9.17) is 5.14 Å². The Morgan fingerprint density at radius 2 is 2.00 bits per heavy atom. The van der Waals surface area contributed by atoms with Crippen molar-refractivity contribution < 1.29 is 13.3 Å². The molecule has 3 N–H and O–H groups in total. The number of hydrogen-bond donors (Lipinski definition) is 2. The number of hydrogen-bond acceptors (Lipinski definition) is 6. The van der Waals surface area contributed by atoms with Crippen molar-refractivity contribution in [3.8, 4) is 11.4 Å². The number of nitro groups is 1. The summed E-state index contributed by atoms with van der Waals surface area (Å²) < 4.78 is 22.0. The number of aromatic amines is 1. The van der Waals surface area contributed by atoms with Crippen LogP contribution in [-0.2, 0) is 10.0 Å². The van der Waals surface area contributed by atoms with Crippen molar-refractivity contribution >= 4 is 15.7 Å². The second kappa shape index (κ2) is 4.16. The van der Waals surface area contributed by atoms with Gasteiger partial charge in [-0.1, -0.05) is 12.1 Å². The van der Waals surface area contributed by atoms with E-state index in [0.29, 0.717) is 0 Å². The highest BCUT2D eigenvalue weighted by Gasteiger charge is 2.20. The topological polar surface area (TPSA) is 145 Å². The maximum atomic E-state index is 11.0. The van der Waals surface area contributed by atoms with E-state index < -0.39 is 20.1 Å². The molecule has 0 radical (unpaired) electrons. The second-order valence-corrected chi connectivity index (χ2v) is 4.76.